The maximum Gasteiger partial charge on any atom is 0.243 e. The van der Waals surface area contributed by atoms with Crippen LogP contribution in [-0.2, 0) is 10.0 Å². The first-order chi connectivity index (χ1) is 8.41. The maximum absolute atomic E-state index is 12.3. The fraction of sp³-hybridized carbons (Fsp3) is 0.538. The quantitative estimate of drug-likeness (QED) is 0.928. The first kappa shape index (κ1) is 16.4. The highest BCUT2D eigenvalue weighted by Crippen LogP contribution is 2.22. The average Bonchev–Trinajstić information content (AvgIpc) is 2.76. The number of nitrogens with zero attached hydrogens (tertiary/aromatic N) is 1. The minimum Gasteiger partial charge on any atom is -0.326 e. The van der Waals surface area contributed by atoms with Gasteiger partial charge in [0.15, 0.2) is 0 Å². The first-order valence-corrected chi connectivity index (χ1v) is 7.71. The van der Waals surface area contributed by atoms with Crippen molar-refractivity contribution in [3.8, 4) is 0 Å². The molecule has 1 atom stereocenters. The Hall–Kier alpha value is -0.620. The Morgan fingerprint density at radius 2 is 1.84 bits per heavy atom. The lowest BCUT2D eigenvalue weighted by Gasteiger charge is -2.16. The molecule has 1 heterocycles. The number of hydrogen-bond acceptors (Lipinski definition) is 3. The van der Waals surface area contributed by atoms with Crippen molar-refractivity contribution in [2.75, 3.05) is 13.1 Å². The van der Waals surface area contributed by atoms with E-state index in [0.717, 1.165) is 12.0 Å². The zero-order chi connectivity index (χ0) is 13.3. The van der Waals surface area contributed by atoms with Gasteiger partial charge in [-0.2, -0.15) is 4.31 Å². The van der Waals surface area contributed by atoms with E-state index in [1.807, 2.05) is 12.1 Å². The molecule has 0 bridgehead atoms. The molecular formula is C13H21ClN2O2S. The van der Waals surface area contributed by atoms with Crippen LogP contribution >= 0.6 is 12.4 Å². The van der Waals surface area contributed by atoms with Crippen molar-refractivity contribution >= 4 is 22.4 Å². The number of sulfonamides is 1. The summed E-state index contributed by atoms with van der Waals surface area (Å²) >= 11 is 0. The van der Waals surface area contributed by atoms with Crippen LogP contribution in [0.5, 0.6) is 0 Å². The number of rotatable bonds is 3. The second-order valence-corrected chi connectivity index (χ2v) is 7.07. The van der Waals surface area contributed by atoms with Crippen LogP contribution in [0.2, 0.25) is 0 Å². The zero-order valence-corrected chi connectivity index (χ0v) is 12.9. The Morgan fingerprint density at radius 3 is 2.26 bits per heavy atom. The summed E-state index contributed by atoms with van der Waals surface area (Å²) in [5.41, 5.74) is 6.90. The van der Waals surface area contributed by atoms with E-state index in [0.29, 0.717) is 23.9 Å². The molecule has 0 aliphatic carbocycles. The lowest BCUT2D eigenvalue weighted by Crippen LogP contribution is -2.31. The first-order valence-electron chi connectivity index (χ1n) is 6.27. The fourth-order valence-corrected chi connectivity index (χ4v) is 3.66. The summed E-state index contributed by atoms with van der Waals surface area (Å²) in [6.45, 7) is 5.12. The summed E-state index contributed by atoms with van der Waals surface area (Å²) < 4.78 is 26.1. The third-order valence-corrected chi connectivity index (χ3v) is 5.25. The van der Waals surface area contributed by atoms with Crippen LogP contribution in [0.15, 0.2) is 29.2 Å². The molecule has 1 fully saturated rings. The van der Waals surface area contributed by atoms with Gasteiger partial charge in [-0.1, -0.05) is 26.0 Å². The summed E-state index contributed by atoms with van der Waals surface area (Å²) in [7, 11) is -3.36. The molecule has 0 spiro atoms. The number of benzene rings is 1. The topological polar surface area (TPSA) is 63.4 Å². The molecule has 1 aliphatic heterocycles. The van der Waals surface area contributed by atoms with E-state index in [2.05, 4.69) is 13.8 Å². The zero-order valence-electron chi connectivity index (χ0n) is 11.2. The van der Waals surface area contributed by atoms with E-state index in [1.54, 1.807) is 12.1 Å². The van der Waals surface area contributed by atoms with E-state index in [1.165, 1.54) is 4.31 Å². The van der Waals surface area contributed by atoms with Crippen LogP contribution in [0.25, 0.3) is 0 Å². The molecule has 1 aromatic rings. The van der Waals surface area contributed by atoms with Crippen molar-refractivity contribution in [2.45, 2.75) is 37.1 Å². The molecular weight excluding hydrogens is 284 g/mol. The van der Waals surface area contributed by atoms with Crippen LogP contribution < -0.4 is 5.73 Å². The largest absolute Gasteiger partial charge is 0.326 e. The van der Waals surface area contributed by atoms with E-state index in [9.17, 15) is 8.42 Å². The number of nitrogens with two attached hydrogens (primary N) is 1. The molecule has 6 heteroatoms. The van der Waals surface area contributed by atoms with Gasteiger partial charge in [-0.3, -0.25) is 0 Å². The molecule has 4 nitrogen and oxygen atoms in total. The van der Waals surface area contributed by atoms with Crippen molar-refractivity contribution < 1.29 is 8.42 Å². The van der Waals surface area contributed by atoms with Crippen molar-refractivity contribution in [3.63, 3.8) is 0 Å². The standard InChI is InChI=1S/C13H20N2O2S.ClH/c1-10(2)11-3-5-13(6-4-11)18(16,17)15-8-7-12(14)9-15;/h3-6,10,12H,7-9,14H2,1-2H3;1H/t12-;/m0./s1. The second-order valence-electron chi connectivity index (χ2n) is 5.14. The van der Waals surface area contributed by atoms with Gasteiger partial charge in [0, 0.05) is 19.1 Å². The molecule has 0 saturated carbocycles. The van der Waals surface area contributed by atoms with E-state index in [4.69, 9.17) is 5.73 Å². The molecule has 0 aromatic heterocycles. The van der Waals surface area contributed by atoms with E-state index < -0.39 is 10.0 Å². The van der Waals surface area contributed by atoms with Gasteiger partial charge in [0.25, 0.3) is 0 Å². The van der Waals surface area contributed by atoms with Gasteiger partial charge < -0.3 is 5.73 Å². The highest BCUT2D eigenvalue weighted by molar-refractivity contribution is 7.89. The van der Waals surface area contributed by atoms with Crippen molar-refractivity contribution in [1.29, 1.82) is 0 Å². The van der Waals surface area contributed by atoms with Gasteiger partial charge >= 0.3 is 0 Å². The number of hydrogen-bond donors (Lipinski definition) is 1. The van der Waals surface area contributed by atoms with Gasteiger partial charge in [-0.05, 0) is 30.0 Å². The predicted molar refractivity (Wildman–Crippen MR) is 79.1 cm³/mol. The third kappa shape index (κ3) is 3.48. The molecule has 2 N–H and O–H groups in total. The summed E-state index contributed by atoms with van der Waals surface area (Å²) in [4.78, 5) is 0.362. The minimum atomic E-state index is -3.36. The van der Waals surface area contributed by atoms with Crippen LogP contribution in [0.4, 0.5) is 0 Å². The molecule has 2 rings (SSSR count). The summed E-state index contributed by atoms with van der Waals surface area (Å²) in [5, 5.41) is 0. The fourth-order valence-electron chi connectivity index (χ4n) is 2.15. The van der Waals surface area contributed by atoms with Crippen LogP contribution in [0.1, 0.15) is 31.7 Å². The van der Waals surface area contributed by atoms with Gasteiger partial charge in [0.05, 0.1) is 4.90 Å². The van der Waals surface area contributed by atoms with E-state index >= 15 is 0 Å². The molecule has 1 aromatic carbocycles. The molecule has 0 radical (unpaired) electrons. The molecule has 1 aliphatic rings. The number of halogens is 1. The van der Waals surface area contributed by atoms with Crippen molar-refractivity contribution in [3.05, 3.63) is 29.8 Å². The summed E-state index contributed by atoms with van der Waals surface area (Å²) in [6, 6.07) is 7.11. The summed E-state index contributed by atoms with van der Waals surface area (Å²) in [6.07, 6.45) is 0.739. The Labute approximate surface area is 121 Å². The molecule has 1 saturated heterocycles. The average molecular weight is 305 g/mol. The van der Waals surface area contributed by atoms with E-state index in [-0.39, 0.29) is 18.4 Å². The molecule has 19 heavy (non-hydrogen) atoms. The van der Waals surface area contributed by atoms with Gasteiger partial charge in [-0.25, -0.2) is 8.42 Å². The highest BCUT2D eigenvalue weighted by Gasteiger charge is 2.30. The SMILES string of the molecule is CC(C)c1ccc(S(=O)(=O)N2CC[C@H](N)C2)cc1.Cl. The highest BCUT2D eigenvalue weighted by atomic mass is 35.5. The molecule has 0 unspecified atom stereocenters. The smallest absolute Gasteiger partial charge is 0.243 e. The van der Waals surface area contributed by atoms with Crippen molar-refractivity contribution in [1.82, 2.24) is 4.31 Å². The van der Waals surface area contributed by atoms with Crippen LogP contribution in [0, 0.1) is 0 Å². The molecule has 108 valence electrons. The van der Waals surface area contributed by atoms with Crippen LogP contribution in [-0.4, -0.2) is 31.9 Å². The normalized spacial score (nSPS) is 20.5. The maximum atomic E-state index is 12.3. The Kier molecular flexibility index (Phi) is 5.38. The Morgan fingerprint density at radius 1 is 1.26 bits per heavy atom. The lowest BCUT2D eigenvalue weighted by atomic mass is 10.0. The Bertz CT molecular complexity index is 514. The van der Waals surface area contributed by atoms with Crippen LogP contribution in [0.3, 0.4) is 0 Å². The lowest BCUT2D eigenvalue weighted by molar-refractivity contribution is 0.472. The Balaban J connectivity index is 0.00000180. The van der Waals surface area contributed by atoms with Gasteiger partial charge in [0.1, 0.15) is 0 Å². The summed E-state index contributed by atoms with van der Waals surface area (Å²) in [5.74, 6) is 0.405. The third-order valence-electron chi connectivity index (χ3n) is 3.37. The van der Waals surface area contributed by atoms with Crippen molar-refractivity contribution in [2.24, 2.45) is 5.73 Å². The van der Waals surface area contributed by atoms with Gasteiger partial charge in [-0.15, -0.1) is 12.4 Å². The van der Waals surface area contributed by atoms with Gasteiger partial charge in [0.2, 0.25) is 10.0 Å². The second kappa shape index (κ2) is 6.22. The minimum absolute atomic E-state index is 0. The molecule has 0 amide bonds. The monoisotopic (exact) mass is 304 g/mol. The predicted octanol–water partition coefficient (Wildman–Crippen LogP) is 1.95.